The molecule has 0 aliphatic rings. The largest absolute Gasteiger partial charge is 0.329 e. The lowest BCUT2D eigenvalue weighted by Gasteiger charge is -2.08. The van der Waals surface area contributed by atoms with E-state index >= 15 is 0 Å². The Hall–Kier alpha value is -4.54. The molecular formula is C21H19N7O4. The van der Waals surface area contributed by atoms with Crippen molar-refractivity contribution in [3.63, 3.8) is 0 Å². The van der Waals surface area contributed by atoms with E-state index in [2.05, 4.69) is 20.5 Å². The highest BCUT2D eigenvalue weighted by Gasteiger charge is 2.17. The molecule has 2 heterocycles. The maximum atomic E-state index is 12.5. The number of nitro benzene ring substituents is 1. The van der Waals surface area contributed by atoms with Gasteiger partial charge < -0.3 is 4.57 Å². The van der Waals surface area contributed by atoms with E-state index in [4.69, 9.17) is 0 Å². The van der Waals surface area contributed by atoms with Crippen molar-refractivity contribution < 1.29 is 4.92 Å². The first-order valence-corrected chi connectivity index (χ1v) is 9.71. The van der Waals surface area contributed by atoms with Crippen molar-refractivity contribution in [1.29, 1.82) is 0 Å². The van der Waals surface area contributed by atoms with Crippen molar-refractivity contribution in [2.24, 2.45) is 12.1 Å². The van der Waals surface area contributed by atoms with Gasteiger partial charge in [0, 0.05) is 31.3 Å². The highest BCUT2D eigenvalue weighted by atomic mass is 16.6. The van der Waals surface area contributed by atoms with Crippen LogP contribution in [-0.2, 0) is 20.0 Å². The summed E-state index contributed by atoms with van der Waals surface area (Å²) < 4.78 is 2.91. The van der Waals surface area contributed by atoms with Gasteiger partial charge >= 0.3 is 5.69 Å². The molecule has 2 aromatic carbocycles. The van der Waals surface area contributed by atoms with Crippen LogP contribution in [0.2, 0.25) is 0 Å². The summed E-state index contributed by atoms with van der Waals surface area (Å²) in [5, 5.41) is 15.1. The number of hydrogen-bond donors (Lipinski definition) is 2. The molecule has 0 aliphatic heterocycles. The standard InChI is InChI=1S/C21H19N7O4/c1-26-18-17(19(29)24-21(26)30)27(11-10-14-6-3-2-4-7-14)20(23-18)25-22-13-15-8-5-9-16(12-15)28(31)32/h2-9,12-13H,10-11H2,1H3,(H,23,25)(H,24,29,30)/b22-13+. The molecular weight excluding hydrogens is 414 g/mol. The lowest BCUT2D eigenvalue weighted by atomic mass is 10.1. The number of nitrogens with one attached hydrogen (secondary N) is 2. The van der Waals surface area contributed by atoms with Crippen LogP contribution in [0.15, 0.2) is 69.3 Å². The smallest absolute Gasteiger partial charge is 0.303 e. The number of rotatable bonds is 7. The van der Waals surface area contributed by atoms with E-state index in [0.29, 0.717) is 18.5 Å². The summed E-state index contributed by atoms with van der Waals surface area (Å²) in [6, 6.07) is 15.7. The first kappa shape index (κ1) is 20.7. The van der Waals surface area contributed by atoms with Gasteiger partial charge in [-0.25, -0.2) is 10.2 Å². The zero-order chi connectivity index (χ0) is 22.7. The van der Waals surface area contributed by atoms with Crippen LogP contribution < -0.4 is 16.7 Å². The van der Waals surface area contributed by atoms with Crippen molar-refractivity contribution in [3.8, 4) is 0 Å². The first-order chi connectivity index (χ1) is 15.4. The molecule has 11 heteroatoms. The summed E-state index contributed by atoms with van der Waals surface area (Å²) in [6.45, 7) is 0.413. The Bertz CT molecular complexity index is 1430. The van der Waals surface area contributed by atoms with E-state index in [9.17, 15) is 19.7 Å². The highest BCUT2D eigenvalue weighted by molar-refractivity contribution is 5.81. The Labute approximate surface area is 180 Å². The molecule has 0 fully saturated rings. The number of non-ortho nitro benzene ring substituents is 1. The van der Waals surface area contributed by atoms with Gasteiger partial charge in [-0.05, 0) is 12.0 Å². The molecule has 0 amide bonds. The van der Waals surface area contributed by atoms with Crippen LogP contribution in [0, 0.1) is 10.1 Å². The second kappa shape index (κ2) is 8.68. The van der Waals surface area contributed by atoms with Gasteiger partial charge in [0.25, 0.3) is 11.2 Å². The van der Waals surface area contributed by atoms with Crippen LogP contribution in [0.3, 0.4) is 0 Å². The number of anilines is 1. The van der Waals surface area contributed by atoms with Gasteiger partial charge in [-0.3, -0.25) is 24.5 Å². The van der Waals surface area contributed by atoms with E-state index in [1.54, 1.807) is 16.7 Å². The molecule has 2 N–H and O–H groups in total. The van der Waals surface area contributed by atoms with Crippen LogP contribution >= 0.6 is 0 Å². The maximum Gasteiger partial charge on any atom is 0.329 e. The van der Waals surface area contributed by atoms with Gasteiger partial charge in [0.1, 0.15) is 0 Å². The second-order valence-electron chi connectivity index (χ2n) is 7.04. The minimum Gasteiger partial charge on any atom is -0.303 e. The van der Waals surface area contributed by atoms with Gasteiger partial charge in [-0.1, -0.05) is 42.5 Å². The third-order valence-electron chi connectivity index (χ3n) is 4.93. The Balaban J connectivity index is 1.69. The average Bonchev–Trinajstić information content (AvgIpc) is 3.16. The SMILES string of the molecule is Cn1c(=O)[nH]c(=O)c2c1nc(N/N=C/c1cccc([N+](=O)[O-])c1)n2CCc1ccccc1. The molecule has 0 aliphatic carbocycles. The predicted octanol–water partition coefficient (Wildman–Crippen LogP) is 2.02. The number of aromatic amines is 1. The minimum absolute atomic E-state index is 0.0504. The van der Waals surface area contributed by atoms with Crippen molar-refractivity contribution in [2.75, 3.05) is 5.43 Å². The summed E-state index contributed by atoms with van der Waals surface area (Å²) in [6.07, 6.45) is 2.04. The molecule has 0 atom stereocenters. The third kappa shape index (κ3) is 4.17. The average molecular weight is 433 g/mol. The van der Waals surface area contributed by atoms with Gasteiger partial charge in [-0.15, -0.1) is 0 Å². The lowest BCUT2D eigenvalue weighted by Crippen LogP contribution is -2.29. The zero-order valence-corrected chi connectivity index (χ0v) is 17.1. The molecule has 0 saturated carbocycles. The van der Waals surface area contributed by atoms with Gasteiger partial charge in [0.2, 0.25) is 5.95 Å². The molecule has 2 aromatic heterocycles. The zero-order valence-electron chi connectivity index (χ0n) is 17.1. The Morgan fingerprint density at radius 1 is 1.19 bits per heavy atom. The predicted molar refractivity (Wildman–Crippen MR) is 120 cm³/mol. The number of aromatic nitrogens is 4. The summed E-state index contributed by atoms with van der Waals surface area (Å²) in [4.78, 5) is 41.7. The summed E-state index contributed by atoms with van der Waals surface area (Å²) in [7, 11) is 1.52. The monoisotopic (exact) mass is 433 g/mol. The summed E-state index contributed by atoms with van der Waals surface area (Å²) in [5.74, 6) is 0.268. The van der Waals surface area contributed by atoms with Gasteiger partial charge in [0.15, 0.2) is 11.2 Å². The van der Waals surface area contributed by atoms with Crippen molar-refractivity contribution >= 4 is 29.0 Å². The third-order valence-corrected chi connectivity index (χ3v) is 4.93. The number of hydrazone groups is 1. The molecule has 0 radical (unpaired) electrons. The number of H-pyrrole nitrogens is 1. The van der Waals surface area contributed by atoms with Crippen LogP contribution in [0.25, 0.3) is 11.2 Å². The van der Waals surface area contributed by atoms with E-state index in [1.165, 1.54) is 30.0 Å². The fourth-order valence-corrected chi connectivity index (χ4v) is 3.31. The first-order valence-electron chi connectivity index (χ1n) is 9.71. The minimum atomic E-state index is -0.568. The van der Waals surface area contributed by atoms with E-state index in [1.807, 2.05) is 30.3 Å². The molecule has 162 valence electrons. The quantitative estimate of drug-likeness (QED) is 0.260. The van der Waals surface area contributed by atoms with E-state index in [0.717, 1.165) is 5.56 Å². The fourth-order valence-electron chi connectivity index (χ4n) is 3.31. The van der Waals surface area contributed by atoms with Crippen molar-refractivity contribution in [1.82, 2.24) is 19.1 Å². The molecule has 11 nitrogen and oxygen atoms in total. The molecule has 0 bridgehead atoms. The van der Waals surface area contributed by atoms with E-state index < -0.39 is 16.2 Å². The van der Waals surface area contributed by atoms with Crippen molar-refractivity contribution in [2.45, 2.75) is 13.0 Å². The van der Waals surface area contributed by atoms with Crippen molar-refractivity contribution in [3.05, 3.63) is 96.7 Å². The number of hydrogen-bond acceptors (Lipinski definition) is 7. The number of imidazole rings is 1. The second-order valence-corrected chi connectivity index (χ2v) is 7.04. The van der Waals surface area contributed by atoms with Crippen LogP contribution in [0.5, 0.6) is 0 Å². The Kier molecular flexibility index (Phi) is 5.62. The number of fused-ring (bicyclic) bond motifs is 1. The van der Waals surface area contributed by atoms with E-state index in [-0.39, 0.29) is 22.8 Å². The Morgan fingerprint density at radius 2 is 1.97 bits per heavy atom. The summed E-state index contributed by atoms with van der Waals surface area (Å²) in [5.41, 5.74) is 3.69. The molecule has 0 saturated heterocycles. The maximum absolute atomic E-state index is 12.5. The highest BCUT2D eigenvalue weighted by Crippen LogP contribution is 2.17. The topological polar surface area (TPSA) is 140 Å². The molecule has 0 spiro atoms. The Morgan fingerprint density at radius 3 is 2.72 bits per heavy atom. The van der Waals surface area contributed by atoms with Crippen LogP contribution in [0.1, 0.15) is 11.1 Å². The fraction of sp³-hybridized carbons (Fsp3) is 0.143. The number of nitro groups is 1. The molecule has 32 heavy (non-hydrogen) atoms. The number of aryl methyl sites for hydroxylation is 3. The van der Waals surface area contributed by atoms with Crippen LogP contribution in [0.4, 0.5) is 11.6 Å². The van der Waals surface area contributed by atoms with Crippen LogP contribution in [-0.4, -0.2) is 30.2 Å². The number of nitrogens with zero attached hydrogens (tertiary/aromatic N) is 5. The molecule has 4 rings (SSSR count). The van der Waals surface area contributed by atoms with Gasteiger partial charge in [0.05, 0.1) is 11.1 Å². The molecule has 0 unspecified atom stereocenters. The lowest BCUT2D eigenvalue weighted by molar-refractivity contribution is -0.384. The summed E-state index contributed by atoms with van der Waals surface area (Å²) >= 11 is 0. The van der Waals surface area contributed by atoms with Gasteiger partial charge in [-0.2, -0.15) is 10.1 Å². The molecule has 4 aromatic rings. The number of benzene rings is 2. The normalized spacial score (nSPS) is 11.3.